The monoisotopic (exact) mass is 676 g/mol. The average molecular weight is 677 g/mol. The Hall–Kier alpha value is -7.17. The van der Waals surface area contributed by atoms with Crippen molar-refractivity contribution in [2.45, 2.75) is 0 Å². The Morgan fingerprint density at radius 1 is 0.340 bits per heavy atom. The SMILES string of the molecule is c1ccc(-c2nc(-c3ccc(N(c4ccc5ccccc5c4)c4ccc5cc(-c6cc7ccccc7cn6)ccc5c4)cc3)cc3cccnc23)cc1. The molecule has 0 saturated heterocycles. The molecule has 3 heterocycles. The van der Waals surface area contributed by atoms with Gasteiger partial charge in [-0.25, -0.2) is 4.98 Å². The molecule has 4 heteroatoms. The fourth-order valence-electron chi connectivity index (χ4n) is 7.35. The van der Waals surface area contributed by atoms with Gasteiger partial charge in [-0.3, -0.25) is 9.97 Å². The van der Waals surface area contributed by atoms with Crippen molar-refractivity contribution in [3.05, 3.63) is 194 Å². The van der Waals surface area contributed by atoms with Crippen LogP contribution in [0.15, 0.2) is 194 Å². The Bertz CT molecular complexity index is 2950. The Morgan fingerprint density at radius 2 is 0.906 bits per heavy atom. The highest BCUT2D eigenvalue weighted by Gasteiger charge is 2.16. The third kappa shape index (κ3) is 5.73. The molecule has 0 unspecified atom stereocenters. The van der Waals surface area contributed by atoms with Crippen molar-refractivity contribution >= 4 is 60.3 Å². The van der Waals surface area contributed by atoms with E-state index in [2.05, 4.69) is 163 Å². The van der Waals surface area contributed by atoms with Crippen LogP contribution in [0.3, 0.4) is 0 Å². The van der Waals surface area contributed by atoms with E-state index < -0.39 is 0 Å². The summed E-state index contributed by atoms with van der Waals surface area (Å²) in [5, 5.41) is 8.14. The minimum Gasteiger partial charge on any atom is -0.310 e. The van der Waals surface area contributed by atoms with E-state index in [9.17, 15) is 0 Å². The number of hydrogen-bond donors (Lipinski definition) is 0. The summed E-state index contributed by atoms with van der Waals surface area (Å²) < 4.78 is 0. The Kier molecular flexibility index (Phi) is 7.43. The van der Waals surface area contributed by atoms with Crippen molar-refractivity contribution in [2.75, 3.05) is 4.90 Å². The number of rotatable bonds is 6. The van der Waals surface area contributed by atoms with E-state index in [0.717, 1.165) is 72.5 Å². The third-order valence-electron chi connectivity index (χ3n) is 10.1. The van der Waals surface area contributed by atoms with E-state index >= 15 is 0 Å². The fraction of sp³-hybridized carbons (Fsp3) is 0. The molecule has 3 aromatic heterocycles. The number of anilines is 3. The lowest BCUT2D eigenvalue weighted by Crippen LogP contribution is -2.10. The van der Waals surface area contributed by atoms with Gasteiger partial charge in [0, 0.05) is 56.9 Å². The van der Waals surface area contributed by atoms with Gasteiger partial charge in [-0.05, 0) is 87.6 Å². The Labute approximate surface area is 307 Å². The highest BCUT2D eigenvalue weighted by atomic mass is 15.1. The van der Waals surface area contributed by atoms with Gasteiger partial charge in [0.05, 0.1) is 22.6 Å². The Morgan fingerprint density at radius 3 is 1.70 bits per heavy atom. The first-order valence-corrected chi connectivity index (χ1v) is 17.8. The van der Waals surface area contributed by atoms with Crippen LogP contribution in [0.1, 0.15) is 0 Å². The molecule has 0 fully saturated rings. The average Bonchev–Trinajstić information content (AvgIpc) is 3.23. The van der Waals surface area contributed by atoms with E-state index in [4.69, 9.17) is 15.0 Å². The molecule has 0 amide bonds. The Balaban J connectivity index is 1.06. The second-order valence-electron chi connectivity index (χ2n) is 13.4. The minimum atomic E-state index is 0.885. The zero-order chi connectivity index (χ0) is 35.1. The first-order valence-electron chi connectivity index (χ1n) is 17.8. The smallest absolute Gasteiger partial charge is 0.0972 e. The number of fused-ring (bicyclic) bond motifs is 4. The molecule has 0 radical (unpaired) electrons. The lowest BCUT2D eigenvalue weighted by molar-refractivity contribution is 1.28. The lowest BCUT2D eigenvalue weighted by Gasteiger charge is -2.26. The van der Waals surface area contributed by atoms with E-state index in [0.29, 0.717) is 0 Å². The van der Waals surface area contributed by atoms with E-state index in [1.165, 1.54) is 21.5 Å². The number of nitrogens with zero attached hydrogens (tertiary/aromatic N) is 4. The maximum atomic E-state index is 5.16. The van der Waals surface area contributed by atoms with Crippen LogP contribution in [0.4, 0.5) is 17.1 Å². The van der Waals surface area contributed by atoms with Gasteiger partial charge in [0.15, 0.2) is 0 Å². The standard InChI is InChI=1S/C49H32N4/c1-2-10-35(11-3-1)49-48-41(15-8-26-50-48)31-47(52-49)34-19-22-43(23-20-34)53(44-24-18-33-9-4-5-12-36(33)28-44)45-25-21-38-27-40(17-16-39(38)29-45)46-30-37-13-6-7-14-42(37)32-51-46/h1-32H. The van der Waals surface area contributed by atoms with Gasteiger partial charge in [0.2, 0.25) is 0 Å². The van der Waals surface area contributed by atoms with Crippen molar-refractivity contribution < 1.29 is 0 Å². The van der Waals surface area contributed by atoms with Crippen LogP contribution < -0.4 is 4.90 Å². The number of pyridine rings is 3. The molecule has 248 valence electrons. The summed E-state index contributed by atoms with van der Waals surface area (Å²) in [6.07, 6.45) is 3.79. The van der Waals surface area contributed by atoms with Crippen LogP contribution in [0.25, 0.3) is 77.0 Å². The maximum absolute atomic E-state index is 5.16. The molecule has 0 aliphatic heterocycles. The highest BCUT2D eigenvalue weighted by molar-refractivity contribution is 5.96. The summed E-state index contributed by atoms with van der Waals surface area (Å²) >= 11 is 0. The zero-order valence-corrected chi connectivity index (χ0v) is 28.8. The molecule has 0 saturated carbocycles. The third-order valence-corrected chi connectivity index (χ3v) is 10.1. The summed E-state index contributed by atoms with van der Waals surface area (Å²) in [6.45, 7) is 0. The highest BCUT2D eigenvalue weighted by Crippen LogP contribution is 2.39. The number of benzene rings is 7. The van der Waals surface area contributed by atoms with Crippen molar-refractivity contribution in [1.29, 1.82) is 0 Å². The van der Waals surface area contributed by atoms with E-state index in [1.54, 1.807) is 0 Å². The molecule has 4 nitrogen and oxygen atoms in total. The molecular weight excluding hydrogens is 645 g/mol. The van der Waals surface area contributed by atoms with Crippen LogP contribution >= 0.6 is 0 Å². The minimum absolute atomic E-state index is 0.885. The molecule has 10 aromatic rings. The van der Waals surface area contributed by atoms with Gasteiger partial charge in [-0.1, -0.05) is 121 Å². The normalized spacial score (nSPS) is 11.4. The molecule has 0 N–H and O–H groups in total. The van der Waals surface area contributed by atoms with Crippen molar-refractivity contribution in [3.8, 4) is 33.8 Å². The summed E-state index contributed by atoms with van der Waals surface area (Å²) in [7, 11) is 0. The van der Waals surface area contributed by atoms with E-state index in [1.807, 2.05) is 36.7 Å². The quantitative estimate of drug-likeness (QED) is 0.176. The van der Waals surface area contributed by atoms with Gasteiger partial charge in [-0.2, -0.15) is 0 Å². The first-order chi connectivity index (χ1) is 26.2. The molecule has 0 aliphatic rings. The molecular formula is C49H32N4. The molecule has 0 atom stereocenters. The van der Waals surface area contributed by atoms with Crippen LogP contribution in [0, 0.1) is 0 Å². The predicted molar refractivity (Wildman–Crippen MR) is 221 cm³/mol. The lowest BCUT2D eigenvalue weighted by atomic mass is 10.0. The molecule has 0 spiro atoms. The molecule has 53 heavy (non-hydrogen) atoms. The topological polar surface area (TPSA) is 41.9 Å². The van der Waals surface area contributed by atoms with Crippen molar-refractivity contribution in [2.24, 2.45) is 0 Å². The van der Waals surface area contributed by atoms with Crippen LogP contribution in [0.5, 0.6) is 0 Å². The zero-order valence-electron chi connectivity index (χ0n) is 28.8. The van der Waals surface area contributed by atoms with Crippen molar-refractivity contribution in [3.63, 3.8) is 0 Å². The second kappa shape index (κ2) is 12.9. The fourth-order valence-corrected chi connectivity index (χ4v) is 7.35. The van der Waals surface area contributed by atoms with Crippen LogP contribution in [0.2, 0.25) is 0 Å². The largest absolute Gasteiger partial charge is 0.310 e. The predicted octanol–water partition coefficient (Wildman–Crippen LogP) is 13.0. The number of hydrogen-bond acceptors (Lipinski definition) is 4. The van der Waals surface area contributed by atoms with Crippen LogP contribution in [-0.4, -0.2) is 15.0 Å². The van der Waals surface area contributed by atoms with Gasteiger partial charge in [0.1, 0.15) is 0 Å². The molecule has 0 aliphatic carbocycles. The van der Waals surface area contributed by atoms with Crippen LogP contribution in [-0.2, 0) is 0 Å². The van der Waals surface area contributed by atoms with Gasteiger partial charge in [-0.15, -0.1) is 0 Å². The van der Waals surface area contributed by atoms with Crippen molar-refractivity contribution in [1.82, 2.24) is 15.0 Å². The molecule has 10 rings (SSSR count). The summed E-state index contributed by atoms with van der Waals surface area (Å²) in [6, 6.07) is 64.3. The summed E-state index contributed by atoms with van der Waals surface area (Å²) in [5.41, 5.74) is 10.1. The number of aromatic nitrogens is 3. The summed E-state index contributed by atoms with van der Waals surface area (Å²) in [5.74, 6) is 0. The van der Waals surface area contributed by atoms with Gasteiger partial charge >= 0.3 is 0 Å². The van der Waals surface area contributed by atoms with Gasteiger partial charge in [0.25, 0.3) is 0 Å². The van der Waals surface area contributed by atoms with Gasteiger partial charge < -0.3 is 4.90 Å². The summed E-state index contributed by atoms with van der Waals surface area (Å²) in [4.78, 5) is 17.0. The maximum Gasteiger partial charge on any atom is 0.0972 e. The molecule has 7 aromatic carbocycles. The van der Waals surface area contributed by atoms with E-state index in [-0.39, 0.29) is 0 Å². The second-order valence-corrected chi connectivity index (χ2v) is 13.4. The first kappa shape index (κ1) is 30.6. The molecule has 0 bridgehead atoms.